The molecule has 9 nitrogen and oxygen atoms in total. The number of aryl methyl sites for hydroxylation is 2. The Kier molecular flexibility index (Phi) is 6.10. The van der Waals surface area contributed by atoms with Gasteiger partial charge in [-0.2, -0.15) is 9.89 Å². The topological polar surface area (TPSA) is 74.5 Å². The molecule has 2 aromatic heterocycles. The minimum Gasteiger partial charge on any atom is -0.338 e. The Balaban J connectivity index is 1.47. The number of hydrogen-bond acceptors (Lipinski definition) is 6. The molecule has 0 spiro atoms. The summed E-state index contributed by atoms with van der Waals surface area (Å²) in [6, 6.07) is 3.55. The summed E-state index contributed by atoms with van der Waals surface area (Å²) in [7, 11) is 1.79. The molecule has 3 aromatic rings. The van der Waals surface area contributed by atoms with E-state index in [1.54, 1.807) is 37.1 Å². The highest BCUT2D eigenvalue weighted by molar-refractivity contribution is 5.78. The summed E-state index contributed by atoms with van der Waals surface area (Å²) >= 11 is 0. The highest BCUT2D eigenvalue weighted by Gasteiger charge is 2.33. The van der Waals surface area contributed by atoms with E-state index in [1.165, 1.54) is 0 Å². The van der Waals surface area contributed by atoms with Crippen molar-refractivity contribution in [1.29, 1.82) is 0 Å². The standard InChI is InChI=1S/C26H32F2N8O/c1-17(37)33-9-5-23-22(16-33)26(31-36(23)34-10-6-29-7-11-34)35-8-3-4-18-12-20(19-14-30-32(2)15-19)21(25(27)28)13-24(18)35/h12-15,25,29H,3-11,16H2,1-2H3. The molecule has 1 saturated heterocycles. The maximum absolute atomic E-state index is 14.4. The number of amides is 1. The number of carbonyl (C=O) groups excluding carboxylic acids is 1. The van der Waals surface area contributed by atoms with E-state index in [0.717, 1.165) is 73.8 Å². The molecule has 37 heavy (non-hydrogen) atoms. The number of rotatable bonds is 4. The van der Waals surface area contributed by atoms with E-state index in [1.807, 2.05) is 15.8 Å². The number of halogens is 2. The average molecular weight is 511 g/mol. The molecule has 0 aliphatic carbocycles. The lowest BCUT2D eigenvalue weighted by Crippen LogP contribution is -2.50. The van der Waals surface area contributed by atoms with E-state index in [0.29, 0.717) is 30.8 Å². The van der Waals surface area contributed by atoms with Crippen molar-refractivity contribution in [3.05, 3.63) is 46.9 Å². The molecule has 1 aromatic carbocycles. The van der Waals surface area contributed by atoms with Gasteiger partial charge in [-0.05, 0) is 36.1 Å². The number of hydrogen-bond donors (Lipinski definition) is 1. The fourth-order valence-corrected chi connectivity index (χ4v) is 5.81. The van der Waals surface area contributed by atoms with Crippen molar-refractivity contribution in [1.82, 2.24) is 29.9 Å². The van der Waals surface area contributed by atoms with Crippen LogP contribution in [0.2, 0.25) is 0 Å². The fourth-order valence-electron chi connectivity index (χ4n) is 5.81. The summed E-state index contributed by atoms with van der Waals surface area (Å²) in [6.07, 6.45) is 3.20. The zero-order chi connectivity index (χ0) is 25.7. The lowest BCUT2D eigenvalue weighted by molar-refractivity contribution is -0.129. The number of fused-ring (bicyclic) bond motifs is 2. The second kappa shape index (κ2) is 9.44. The molecule has 3 aliphatic heterocycles. The van der Waals surface area contributed by atoms with Gasteiger partial charge in [-0.15, -0.1) is 5.10 Å². The Labute approximate surface area is 214 Å². The molecule has 1 amide bonds. The van der Waals surface area contributed by atoms with Gasteiger partial charge in [0.1, 0.15) is 0 Å². The SMILES string of the molecule is CC(=O)N1CCc2c(c(N3CCCc4cc(-c5cnn(C)c5)c(C(F)F)cc43)nn2N2CCNCC2)C1. The number of aromatic nitrogens is 4. The van der Waals surface area contributed by atoms with E-state index >= 15 is 0 Å². The predicted molar refractivity (Wildman–Crippen MR) is 137 cm³/mol. The summed E-state index contributed by atoms with van der Waals surface area (Å²) in [4.78, 5) is 18.2. The molecule has 0 unspecified atom stereocenters. The summed E-state index contributed by atoms with van der Waals surface area (Å²) in [5, 5.41) is 14.9. The van der Waals surface area contributed by atoms with Crippen LogP contribution in [0, 0.1) is 0 Å². The molecule has 11 heteroatoms. The lowest BCUT2D eigenvalue weighted by atomic mass is 9.92. The molecular formula is C26H32F2N8O. The molecular weight excluding hydrogens is 478 g/mol. The molecule has 0 radical (unpaired) electrons. The number of benzene rings is 1. The van der Waals surface area contributed by atoms with Gasteiger partial charge in [0.15, 0.2) is 5.82 Å². The average Bonchev–Trinajstić information content (AvgIpc) is 3.51. The Hall–Kier alpha value is -3.47. The number of nitrogens with zero attached hydrogens (tertiary/aromatic N) is 7. The second-order valence-corrected chi connectivity index (χ2v) is 10.1. The molecule has 0 saturated carbocycles. The zero-order valence-electron chi connectivity index (χ0n) is 21.3. The van der Waals surface area contributed by atoms with Gasteiger partial charge in [0.25, 0.3) is 6.43 Å². The molecule has 3 aliphatic rings. The zero-order valence-corrected chi connectivity index (χ0v) is 21.3. The Bertz CT molecular complexity index is 1330. The third-order valence-corrected chi connectivity index (χ3v) is 7.70. The first-order valence-corrected chi connectivity index (χ1v) is 12.9. The maximum Gasteiger partial charge on any atom is 0.264 e. The van der Waals surface area contributed by atoms with Crippen LogP contribution in [0.4, 0.5) is 20.3 Å². The Morgan fingerprint density at radius 1 is 1.11 bits per heavy atom. The molecule has 1 fully saturated rings. The van der Waals surface area contributed by atoms with Gasteiger partial charge >= 0.3 is 0 Å². The normalized spacial score (nSPS) is 17.8. The van der Waals surface area contributed by atoms with Crippen LogP contribution in [0.15, 0.2) is 24.5 Å². The first kappa shape index (κ1) is 23.9. The van der Waals surface area contributed by atoms with Crippen LogP contribution >= 0.6 is 0 Å². The van der Waals surface area contributed by atoms with Crippen LogP contribution in [0.5, 0.6) is 0 Å². The molecule has 5 heterocycles. The first-order valence-electron chi connectivity index (χ1n) is 12.9. The number of alkyl halides is 2. The maximum atomic E-state index is 14.4. The monoisotopic (exact) mass is 510 g/mol. The molecule has 0 bridgehead atoms. The van der Waals surface area contributed by atoms with Crippen molar-refractivity contribution in [2.75, 3.05) is 49.2 Å². The minimum atomic E-state index is -2.62. The third-order valence-electron chi connectivity index (χ3n) is 7.70. The van der Waals surface area contributed by atoms with Gasteiger partial charge in [-0.25, -0.2) is 8.78 Å². The largest absolute Gasteiger partial charge is 0.338 e. The van der Waals surface area contributed by atoms with Crippen molar-refractivity contribution in [3.8, 4) is 11.1 Å². The second-order valence-electron chi connectivity index (χ2n) is 10.1. The first-order chi connectivity index (χ1) is 17.9. The number of carbonyl (C=O) groups is 1. The van der Waals surface area contributed by atoms with Crippen LogP contribution < -0.4 is 15.2 Å². The number of nitrogens with one attached hydrogen (secondary N) is 1. The molecule has 1 N–H and O–H groups in total. The quantitative estimate of drug-likeness (QED) is 0.582. The van der Waals surface area contributed by atoms with E-state index < -0.39 is 6.43 Å². The fraction of sp³-hybridized carbons (Fsp3) is 0.500. The summed E-state index contributed by atoms with van der Waals surface area (Å²) in [5.74, 6) is 0.807. The van der Waals surface area contributed by atoms with Gasteiger partial charge in [-0.1, -0.05) is 0 Å². The summed E-state index contributed by atoms with van der Waals surface area (Å²) in [5.41, 5.74) is 5.15. The van der Waals surface area contributed by atoms with Crippen molar-refractivity contribution >= 4 is 17.4 Å². The van der Waals surface area contributed by atoms with Crippen LogP contribution in [0.3, 0.4) is 0 Å². The highest BCUT2D eigenvalue weighted by atomic mass is 19.3. The van der Waals surface area contributed by atoms with Crippen molar-refractivity contribution in [2.24, 2.45) is 7.05 Å². The third kappa shape index (κ3) is 4.24. The Morgan fingerprint density at radius 3 is 2.62 bits per heavy atom. The van der Waals surface area contributed by atoms with Crippen molar-refractivity contribution in [2.45, 2.75) is 39.2 Å². The van der Waals surface area contributed by atoms with Crippen molar-refractivity contribution in [3.63, 3.8) is 0 Å². The number of piperazine rings is 1. The smallest absolute Gasteiger partial charge is 0.264 e. The lowest BCUT2D eigenvalue weighted by Gasteiger charge is -2.33. The van der Waals surface area contributed by atoms with E-state index in [9.17, 15) is 13.6 Å². The van der Waals surface area contributed by atoms with E-state index in [-0.39, 0.29) is 11.5 Å². The van der Waals surface area contributed by atoms with Gasteiger partial charge in [0.05, 0.1) is 18.4 Å². The minimum absolute atomic E-state index is 0.000539. The molecule has 196 valence electrons. The highest BCUT2D eigenvalue weighted by Crippen LogP contribution is 2.42. The summed E-state index contributed by atoms with van der Waals surface area (Å²) < 4.78 is 30.3. The van der Waals surface area contributed by atoms with Gasteiger partial charge in [-0.3, -0.25) is 14.5 Å². The van der Waals surface area contributed by atoms with Crippen LogP contribution in [-0.2, 0) is 31.2 Å². The number of anilines is 2. The van der Waals surface area contributed by atoms with E-state index in [4.69, 9.17) is 5.10 Å². The Morgan fingerprint density at radius 2 is 1.92 bits per heavy atom. The predicted octanol–water partition coefficient (Wildman–Crippen LogP) is 2.75. The summed E-state index contributed by atoms with van der Waals surface area (Å²) in [6.45, 7) is 6.85. The van der Waals surface area contributed by atoms with E-state index in [2.05, 4.69) is 20.3 Å². The molecule has 0 atom stereocenters. The van der Waals surface area contributed by atoms with Crippen LogP contribution in [-0.4, -0.2) is 69.7 Å². The van der Waals surface area contributed by atoms with Crippen LogP contribution in [0.1, 0.15) is 42.2 Å². The van der Waals surface area contributed by atoms with Gasteiger partial charge in [0, 0.05) is 88.2 Å². The van der Waals surface area contributed by atoms with Crippen LogP contribution in [0.25, 0.3) is 11.1 Å². The molecule has 6 rings (SSSR count). The van der Waals surface area contributed by atoms with Gasteiger partial charge < -0.3 is 15.1 Å². The van der Waals surface area contributed by atoms with Crippen molar-refractivity contribution < 1.29 is 13.6 Å². The van der Waals surface area contributed by atoms with Gasteiger partial charge in [0.2, 0.25) is 5.91 Å².